The molecule has 0 amide bonds. The van der Waals surface area contributed by atoms with Crippen molar-refractivity contribution in [1.29, 1.82) is 5.26 Å². The zero-order valence-corrected chi connectivity index (χ0v) is 8.35. The lowest BCUT2D eigenvalue weighted by atomic mass is 10.1. The van der Waals surface area contributed by atoms with Crippen LogP contribution in [0.25, 0.3) is 0 Å². The number of nitrogens with zero attached hydrogens (tertiary/aromatic N) is 2. The van der Waals surface area contributed by atoms with Gasteiger partial charge in [-0.3, -0.25) is 4.98 Å². The normalized spacial score (nSPS) is 19.0. The van der Waals surface area contributed by atoms with Crippen LogP contribution >= 0.6 is 0 Å². The average Bonchev–Trinajstić information content (AvgIpc) is 2.22. The van der Waals surface area contributed by atoms with Crippen molar-refractivity contribution in [1.82, 2.24) is 4.98 Å². The summed E-state index contributed by atoms with van der Waals surface area (Å²) in [5.74, 6) is 0.555. The van der Waals surface area contributed by atoms with E-state index in [0.29, 0.717) is 24.0 Å². The van der Waals surface area contributed by atoms with Crippen molar-refractivity contribution in [2.75, 3.05) is 13.2 Å². The van der Waals surface area contributed by atoms with Crippen LogP contribution in [0.1, 0.15) is 18.4 Å². The minimum absolute atomic E-state index is 0.340. The van der Waals surface area contributed by atoms with Crippen molar-refractivity contribution in [3.05, 3.63) is 24.0 Å². The Morgan fingerprint density at radius 3 is 3.20 bits per heavy atom. The molecular weight excluding hydrogens is 192 g/mol. The third kappa shape index (κ3) is 2.45. The van der Waals surface area contributed by atoms with Gasteiger partial charge in [-0.15, -0.1) is 0 Å². The molecule has 1 fully saturated rings. The molecule has 1 aliphatic rings. The van der Waals surface area contributed by atoms with Crippen LogP contribution in [0.4, 0.5) is 0 Å². The van der Waals surface area contributed by atoms with Crippen molar-refractivity contribution in [2.24, 2.45) is 0 Å². The molecule has 1 aromatic rings. The molecule has 1 atom stereocenters. The zero-order valence-electron chi connectivity index (χ0n) is 8.35. The first kappa shape index (κ1) is 9.94. The summed E-state index contributed by atoms with van der Waals surface area (Å²) >= 11 is 0. The lowest BCUT2D eigenvalue weighted by Gasteiger charge is -2.26. The lowest BCUT2D eigenvalue weighted by molar-refractivity contribution is -0.0596. The highest BCUT2D eigenvalue weighted by molar-refractivity contribution is 5.40. The highest BCUT2D eigenvalue weighted by atomic mass is 16.5. The minimum Gasteiger partial charge on any atom is -0.490 e. The fourth-order valence-corrected chi connectivity index (χ4v) is 1.40. The van der Waals surface area contributed by atoms with Gasteiger partial charge in [-0.25, -0.2) is 0 Å². The Morgan fingerprint density at radius 2 is 2.53 bits per heavy atom. The summed E-state index contributed by atoms with van der Waals surface area (Å²) in [5, 5.41) is 8.80. The predicted molar refractivity (Wildman–Crippen MR) is 53.4 cm³/mol. The van der Waals surface area contributed by atoms with Gasteiger partial charge >= 0.3 is 0 Å². The second-order valence-electron chi connectivity index (χ2n) is 3.40. The minimum atomic E-state index is 0.340. The number of aromatic nitrogens is 1. The van der Waals surface area contributed by atoms with E-state index in [1.54, 1.807) is 18.5 Å². The van der Waals surface area contributed by atoms with Gasteiger partial charge in [0.1, 0.15) is 6.07 Å². The third-order valence-electron chi connectivity index (χ3n) is 2.40. The van der Waals surface area contributed by atoms with Crippen LogP contribution in [0.15, 0.2) is 18.5 Å². The summed E-state index contributed by atoms with van der Waals surface area (Å²) < 4.78 is 10.7. The molecule has 1 unspecified atom stereocenters. The average molecular weight is 204 g/mol. The van der Waals surface area contributed by atoms with Crippen molar-refractivity contribution < 1.29 is 9.47 Å². The van der Waals surface area contributed by atoms with Crippen molar-refractivity contribution >= 4 is 0 Å². The second-order valence-corrected chi connectivity index (χ2v) is 3.40. The summed E-state index contributed by atoms with van der Waals surface area (Å²) in [6, 6.07) is 3.71. The summed E-state index contributed by atoms with van der Waals surface area (Å²) in [5.41, 5.74) is 0.527. The monoisotopic (exact) mass is 204 g/mol. The molecule has 0 N–H and O–H groups in total. The molecule has 15 heavy (non-hydrogen) atoms. The van der Waals surface area contributed by atoms with Crippen LogP contribution in [0.5, 0.6) is 5.75 Å². The molecule has 78 valence electrons. The molecule has 0 saturated carbocycles. The van der Waals surface area contributed by atoms with Gasteiger partial charge in [-0.1, -0.05) is 0 Å². The van der Waals surface area contributed by atoms with Gasteiger partial charge in [0.2, 0.25) is 0 Å². The number of hydrogen-bond acceptors (Lipinski definition) is 4. The fraction of sp³-hybridized carbons (Fsp3) is 0.455. The van der Waals surface area contributed by atoms with Gasteiger partial charge in [0.15, 0.2) is 5.75 Å². The molecule has 0 radical (unpaired) electrons. The van der Waals surface area contributed by atoms with Crippen molar-refractivity contribution in [3.8, 4) is 11.8 Å². The van der Waals surface area contributed by atoms with E-state index >= 15 is 0 Å². The maximum atomic E-state index is 8.80. The fourth-order valence-electron chi connectivity index (χ4n) is 1.40. The SMILES string of the molecule is N#Cc1ccncc1OCCC1CCO1. The van der Waals surface area contributed by atoms with Gasteiger partial charge < -0.3 is 9.47 Å². The standard InChI is InChI=1S/C11H12N2O2/c12-7-9-1-4-13-8-11(9)15-6-3-10-2-5-14-10/h1,4,8,10H,2-3,5-6H2. The largest absolute Gasteiger partial charge is 0.490 e. The zero-order chi connectivity index (χ0) is 10.5. The molecule has 2 heterocycles. The Balaban J connectivity index is 1.84. The second kappa shape index (κ2) is 4.76. The molecule has 1 aromatic heterocycles. The topological polar surface area (TPSA) is 55.1 Å². The van der Waals surface area contributed by atoms with Crippen LogP contribution in [0.3, 0.4) is 0 Å². The number of hydrogen-bond donors (Lipinski definition) is 0. The summed E-state index contributed by atoms with van der Waals surface area (Å²) in [6.07, 6.45) is 5.48. The van der Waals surface area contributed by atoms with E-state index in [4.69, 9.17) is 14.7 Å². The van der Waals surface area contributed by atoms with Crippen LogP contribution in [-0.4, -0.2) is 24.3 Å². The van der Waals surface area contributed by atoms with Gasteiger partial charge in [-0.2, -0.15) is 5.26 Å². The first-order valence-corrected chi connectivity index (χ1v) is 4.98. The summed E-state index contributed by atoms with van der Waals surface area (Å²) in [6.45, 7) is 1.44. The van der Waals surface area contributed by atoms with Gasteiger partial charge in [0.05, 0.1) is 24.5 Å². The molecule has 1 saturated heterocycles. The maximum Gasteiger partial charge on any atom is 0.155 e. The number of pyridine rings is 1. The summed E-state index contributed by atoms with van der Waals surface area (Å²) in [4.78, 5) is 3.92. The molecule has 4 heteroatoms. The molecule has 0 spiro atoms. The van der Waals surface area contributed by atoms with E-state index in [9.17, 15) is 0 Å². The number of rotatable bonds is 4. The molecular formula is C11H12N2O2. The molecule has 1 aliphatic heterocycles. The highest BCUT2D eigenvalue weighted by Gasteiger charge is 2.17. The Hall–Kier alpha value is -1.60. The van der Waals surface area contributed by atoms with Gasteiger partial charge in [0, 0.05) is 19.2 Å². The van der Waals surface area contributed by atoms with E-state index in [2.05, 4.69) is 11.1 Å². The molecule has 4 nitrogen and oxygen atoms in total. The first-order chi connectivity index (χ1) is 7.40. The molecule has 0 bridgehead atoms. The first-order valence-electron chi connectivity index (χ1n) is 4.98. The van der Waals surface area contributed by atoms with Crippen molar-refractivity contribution in [2.45, 2.75) is 18.9 Å². The number of ether oxygens (including phenoxy) is 2. The molecule has 0 aromatic carbocycles. The Labute approximate surface area is 88.5 Å². The summed E-state index contributed by atoms with van der Waals surface area (Å²) in [7, 11) is 0. The van der Waals surface area contributed by atoms with E-state index in [-0.39, 0.29) is 0 Å². The van der Waals surface area contributed by atoms with Gasteiger partial charge in [-0.05, 0) is 12.5 Å². The maximum absolute atomic E-state index is 8.80. The number of nitriles is 1. The lowest BCUT2D eigenvalue weighted by Crippen LogP contribution is -2.28. The Kier molecular flexibility index (Phi) is 3.15. The smallest absolute Gasteiger partial charge is 0.155 e. The third-order valence-corrected chi connectivity index (χ3v) is 2.40. The van der Waals surface area contributed by atoms with Crippen LogP contribution in [-0.2, 0) is 4.74 Å². The van der Waals surface area contributed by atoms with Crippen LogP contribution in [0, 0.1) is 11.3 Å². The molecule has 2 rings (SSSR count). The van der Waals surface area contributed by atoms with Crippen LogP contribution < -0.4 is 4.74 Å². The van der Waals surface area contributed by atoms with Crippen LogP contribution in [0.2, 0.25) is 0 Å². The van der Waals surface area contributed by atoms with E-state index in [1.165, 1.54) is 0 Å². The van der Waals surface area contributed by atoms with Gasteiger partial charge in [0.25, 0.3) is 0 Å². The Morgan fingerprint density at radius 1 is 1.67 bits per heavy atom. The quantitative estimate of drug-likeness (QED) is 0.746. The van der Waals surface area contributed by atoms with E-state index in [1.807, 2.05) is 0 Å². The van der Waals surface area contributed by atoms with E-state index < -0.39 is 0 Å². The molecule has 0 aliphatic carbocycles. The Bertz CT molecular complexity index is 369. The van der Waals surface area contributed by atoms with E-state index in [0.717, 1.165) is 19.4 Å². The predicted octanol–water partition coefficient (Wildman–Crippen LogP) is 1.51. The highest BCUT2D eigenvalue weighted by Crippen LogP contribution is 2.18. The van der Waals surface area contributed by atoms with Crippen molar-refractivity contribution in [3.63, 3.8) is 0 Å².